The highest BCUT2D eigenvalue weighted by atomic mass is 32.2. The third-order valence-electron chi connectivity index (χ3n) is 0.779. The third-order valence-corrected chi connectivity index (χ3v) is 1.75. The minimum absolute atomic E-state index is 0.0764. The molecule has 0 aromatic heterocycles. The number of carbonyl (C=O) groups is 1. The van der Waals surface area contributed by atoms with E-state index in [0.29, 0.717) is 0 Å². The highest BCUT2D eigenvalue weighted by molar-refractivity contribution is 7.83. The van der Waals surface area contributed by atoms with Gasteiger partial charge in [0.1, 0.15) is 0 Å². The molecule has 7 heteroatoms. The summed E-state index contributed by atoms with van der Waals surface area (Å²) in [5.41, 5.74) is 0. The summed E-state index contributed by atoms with van der Waals surface area (Å²) in [6, 6.07) is 0. The SMILES string of the molecule is CCN(C(=O)O)S(=O)(=O)O. The van der Waals surface area contributed by atoms with Crippen LogP contribution in [0.3, 0.4) is 0 Å². The molecule has 0 unspecified atom stereocenters. The summed E-state index contributed by atoms with van der Waals surface area (Å²) in [7, 11) is -4.58. The molecule has 0 heterocycles. The molecule has 0 saturated carbocycles. The van der Waals surface area contributed by atoms with Crippen LogP contribution in [0.1, 0.15) is 6.92 Å². The average Bonchev–Trinajstić information content (AvgIpc) is 1.60. The van der Waals surface area contributed by atoms with E-state index in [1.54, 1.807) is 0 Å². The molecule has 0 aromatic carbocycles. The summed E-state index contributed by atoms with van der Waals surface area (Å²) in [4.78, 5) is 9.96. The van der Waals surface area contributed by atoms with E-state index in [0.717, 1.165) is 0 Å². The highest BCUT2D eigenvalue weighted by Crippen LogP contribution is 1.95. The van der Waals surface area contributed by atoms with Crippen LogP contribution in [0.15, 0.2) is 0 Å². The molecule has 0 spiro atoms. The van der Waals surface area contributed by atoms with Gasteiger partial charge in [-0.1, -0.05) is 0 Å². The van der Waals surface area contributed by atoms with Crippen LogP contribution in [0, 0.1) is 0 Å². The minimum Gasteiger partial charge on any atom is -0.464 e. The molecule has 0 aliphatic rings. The molecule has 6 nitrogen and oxygen atoms in total. The van der Waals surface area contributed by atoms with Gasteiger partial charge in [-0.05, 0) is 6.92 Å². The molecule has 2 N–H and O–H groups in total. The van der Waals surface area contributed by atoms with Crippen molar-refractivity contribution in [2.45, 2.75) is 6.92 Å². The molecule has 0 rings (SSSR count). The normalized spacial score (nSPS) is 11.0. The second-order valence-electron chi connectivity index (χ2n) is 1.43. The molecule has 1 amide bonds. The van der Waals surface area contributed by atoms with E-state index in [2.05, 4.69) is 0 Å². The summed E-state index contributed by atoms with van der Waals surface area (Å²) in [5, 5.41) is 8.10. The van der Waals surface area contributed by atoms with Crippen molar-refractivity contribution in [3.63, 3.8) is 0 Å². The lowest BCUT2D eigenvalue weighted by molar-refractivity contribution is 0.170. The zero-order chi connectivity index (χ0) is 8.36. The Kier molecular flexibility index (Phi) is 2.61. The first kappa shape index (κ1) is 9.18. The lowest BCUT2D eigenvalue weighted by atomic mass is 10.8. The fraction of sp³-hybridized carbons (Fsp3) is 0.667. The molecule has 0 aromatic rings. The summed E-state index contributed by atoms with van der Waals surface area (Å²) in [6.45, 7) is 0.996. The van der Waals surface area contributed by atoms with Crippen LogP contribution in [-0.4, -0.2) is 35.0 Å². The van der Waals surface area contributed by atoms with Gasteiger partial charge in [0, 0.05) is 6.54 Å². The van der Waals surface area contributed by atoms with Crippen LogP contribution in [0.5, 0.6) is 0 Å². The Morgan fingerprint density at radius 1 is 1.60 bits per heavy atom. The summed E-state index contributed by atoms with van der Waals surface area (Å²) < 4.78 is 28.3. The second-order valence-corrected chi connectivity index (χ2v) is 2.76. The third kappa shape index (κ3) is 2.19. The largest absolute Gasteiger partial charge is 0.464 e. The van der Waals surface area contributed by atoms with Crippen LogP contribution in [0.2, 0.25) is 0 Å². The van der Waals surface area contributed by atoms with Gasteiger partial charge in [0.2, 0.25) is 0 Å². The molecule has 0 aliphatic carbocycles. The van der Waals surface area contributed by atoms with E-state index in [4.69, 9.17) is 9.66 Å². The number of carboxylic acid groups (broad SMARTS) is 1. The van der Waals surface area contributed by atoms with E-state index in [1.165, 1.54) is 6.92 Å². The molecular weight excluding hydrogens is 162 g/mol. The zero-order valence-corrected chi connectivity index (χ0v) is 6.00. The first-order valence-corrected chi connectivity index (χ1v) is 3.77. The van der Waals surface area contributed by atoms with Crippen LogP contribution in [0.25, 0.3) is 0 Å². The van der Waals surface area contributed by atoms with Crippen LogP contribution >= 0.6 is 0 Å². The van der Waals surface area contributed by atoms with Crippen LogP contribution < -0.4 is 0 Å². The number of amides is 1. The van der Waals surface area contributed by atoms with Crippen molar-refractivity contribution < 1.29 is 22.9 Å². The predicted octanol–water partition coefficient (Wildman–Crippen LogP) is -0.211. The Labute approximate surface area is 57.9 Å². The van der Waals surface area contributed by atoms with Gasteiger partial charge in [0.15, 0.2) is 0 Å². The van der Waals surface area contributed by atoms with Gasteiger partial charge in [0.05, 0.1) is 0 Å². The Morgan fingerprint density at radius 2 is 2.00 bits per heavy atom. The molecule has 0 bridgehead atoms. The molecule has 0 radical (unpaired) electrons. The zero-order valence-electron chi connectivity index (χ0n) is 5.18. The topological polar surface area (TPSA) is 94.9 Å². The lowest BCUT2D eigenvalue weighted by Gasteiger charge is -2.10. The van der Waals surface area contributed by atoms with E-state index in [9.17, 15) is 13.2 Å². The fourth-order valence-corrected chi connectivity index (χ4v) is 0.921. The minimum atomic E-state index is -4.58. The van der Waals surface area contributed by atoms with Crippen LogP contribution in [-0.2, 0) is 10.3 Å². The molecule has 0 fully saturated rings. The molecule has 0 atom stereocenters. The van der Waals surface area contributed by atoms with Crippen molar-refractivity contribution >= 4 is 16.4 Å². The van der Waals surface area contributed by atoms with E-state index in [-0.39, 0.29) is 10.8 Å². The molecule has 60 valence electrons. The van der Waals surface area contributed by atoms with Crippen LogP contribution in [0.4, 0.5) is 4.79 Å². The van der Waals surface area contributed by atoms with Crippen molar-refractivity contribution in [2.24, 2.45) is 0 Å². The number of rotatable bonds is 2. The summed E-state index contributed by atoms with van der Waals surface area (Å²) in [5.74, 6) is 0. The molecule has 10 heavy (non-hydrogen) atoms. The maximum absolute atomic E-state index is 10.1. The summed E-state index contributed by atoms with van der Waals surface area (Å²) in [6.07, 6.45) is -1.69. The van der Waals surface area contributed by atoms with E-state index < -0.39 is 16.4 Å². The quantitative estimate of drug-likeness (QED) is 0.557. The molecule has 0 saturated heterocycles. The van der Waals surface area contributed by atoms with Gasteiger partial charge in [-0.25, -0.2) is 4.79 Å². The van der Waals surface area contributed by atoms with Crippen molar-refractivity contribution in [1.29, 1.82) is 0 Å². The second kappa shape index (κ2) is 2.84. The van der Waals surface area contributed by atoms with Gasteiger partial charge >= 0.3 is 16.4 Å². The van der Waals surface area contributed by atoms with E-state index >= 15 is 0 Å². The number of hydrogen-bond donors (Lipinski definition) is 2. The molecule has 0 aliphatic heterocycles. The van der Waals surface area contributed by atoms with Crippen molar-refractivity contribution in [3.8, 4) is 0 Å². The van der Waals surface area contributed by atoms with E-state index in [1.807, 2.05) is 0 Å². The van der Waals surface area contributed by atoms with Gasteiger partial charge in [-0.15, -0.1) is 0 Å². The highest BCUT2D eigenvalue weighted by Gasteiger charge is 2.21. The van der Waals surface area contributed by atoms with Gasteiger partial charge in [-0.2, -0.15) is 12.7 Å². The van der Waals surface area contributed by atoms with Crippen molar-refractivity contribution in [3.05, 3.63) is 0 Å². The maximum Gasteiger partial charge on any atom is 0.422 e. The van der Waals surface area contributed by atoms with Gasteiger partial charge in [-0.3, -0.25) is 4.55 Å². The van der Waals surface area contributed by atoms with Gasteiger partial charge in [0.25, 0.3) is 0 Å². The van der Waals surface area contributed by atoms with Gasteiger partial charge < -0.3 is 5.11 Å². The van der Waals surface area contributed by atoms with Crippen molar-refractivity contribution in [2.75, 3.05) is 6.54 Å². The smallest absolute Gasteiger partial charge is 0.422 e. The Morgan fingerprint density at radius 3 is 2.00 bits per heavy atom. The maximum atomic E-state index is 10.1. The standard InChI is InChI=1S/C3H7NO5S/c1-2-4(3(5)6)10(7,8)9/h2H2,1H3,(H,5,6)(H,7,8,9). The Balaban J connectivity index is 4.55. The Hall–Kier alpha value is -0.820. The first-order chi connectivity index (χ1) is 4.39. The monoisotopic (exact) mass is 169 g/mol. The fourth-order valence-electron chi connectivity index (χ4n) is 0.397. The molecular formula is C3H7NO5S. The lowest BCUT2D eigenvalue weighted by Crippen LogP contribution is -2.34. The first-order valence-electron chi connectivity index (χ1n) is 2.37. The Bertz CT molecular complexity index is 219. The predicted molar refractivity (Wildman–Crippen MR) is 32.0 cm³/mol. The summed E-state index contributed by atoms with van der Waals surface area (Å²) >= 11 is 0. The van der Waals surface area contributed by atoms with Crippen molar-refractivity contribution in [1.82, 2.24) is 4.31 Å². The number of nitrogens with zero attached hydrogens (tertiary/aromatic N) is 1. The average molecular weight is 169 g/mol. The number of hydrogen-bond acceptors (Lipinski definition) is 3.